The summed E-state index contributed by atoms with van der Waals surface area (Å²) in [5, 5.41) is 0. The molecular formula is C18H23N3O4S. The molecule has 0 amide bonds. The van der Waals surface area contributed by atoms with Gasteiger partial charge in [0.1, 0.15) is 5.75 Å². The topological polar surface area (TPSA) is 81.6 Å². The molecule has 0 saturated carbocycles. The second-order valence-electron chi connectivity index (χ2n) is 6.32. The van der Waals surface area contributed by atoms with Crippen LogP contribution in [-0.4, -0.2) is 49.5 Å². The Morgan fingerprint density at radius 3 is 2.50 bits per heavy atom. The molecule has 1 aliphatic rings. The van der Waals surface area contributed by atoms with E-state index in [2.05, 4.69) is 9.97 Å². The summed E-state index contributed by atoms with van der Waals surface area (Å²) in [7, 11) is -1.91. The molecule has 140 valence electrons. The lowest BCUT2D eigenvalue weighted by atomic mass is 9.99. The van der Waals surface area contributed by atoms with Gasteiger partial charge in [0, 0.05) is 25.5 Å². The maximum absolute atomic E-state index is 12.9. The average Bonchev–Trinajstić information content (AvgIpc) is 2.67. The summed E-state index contributed by atoms with van der Waals surface area (Å²) in [6, 6.07) is 7.05. The van der Waals surface area contributed by atoms with E-state index >= 15 is 0 Å². The van der Waals surface area contributed by atoms with Gasteiger partial charge >= 0.3 is 6.01 Å². The van der Waals surface area contributed by atoms with Crippen LogP contribution in [0.4, 0.5) is 0 Å². The zero-order valence-electron chi connectivity index (χ0n) is 15.0. The molecule has 1 aliphatic heterocycles. The van der Waals surface area contributed by atoms with Crippen molar-refractivity contribution in [2.45, 2.75) is 24.7 Å². The summed E-state index contributed by atoms with van der Waals surface area (Å²) in [6.45, 7) is 3.31. The smallest absolute Gasteiger partial charge is 0.316 e. The normalized spacial score (nSPS) is 16.4. The first-order valence-electron chi connectivity index (χ1n) is 8.55. The van der Waals surface area contributed by atoms with Gasteiger partial charge in [-0.1, -0.05) is 0 Å². The molecule has 0 spiro atoms. The van der Waals surface area contributed by atoms with Gasteiger partial charge in [-0.2, -0.15) is 4.31 Å². The van der Waals surface area contributed by atoms with Crippen molar-refractivity contribution >= 4 is 10.0 Å². The van der Waals surface area contributed by atoms with Crippen molar-refractivity contribution < 1.29 is 17.9 Å². The Kier molecular flexibility index (Phi) is 5.73. The molecule has 1 fully saturated rings. The molecule has 1 aromatic heterocycles. The second kappa shape index (κ2) is 8.01. The summed E-state index contributed by atoms with van der Waals surface area (Å²) in [5.41, 5.74) is 0.805. The van der Waals surface area contributed by atoms with E-state index in [1.807, 2.05) is 6.92 Å². The number of sulfonamides is 1. The Balaban J connectivity index is 1.59. The van der Waals surface area contributed by atoms with E-state index in [9.17, 15) is 8.42 Å². The number of piperidine rings is 1. The van der Waals surface area contributed by atoms with Crippen LogP contribution >= 0.6 is 0 Å². The fraction of sp³-hybridized carbons (Fsp3) is 0.444. The van der Waals surface area contributed by atoms with Crippen molar-refractivity contribution in [3.05, 3.63) is 42.2 Å². The minimum atomic E-state index is -3.49. The highest BCUT2D eigenvalue weighted by Gasteiger charge is 2.30. The van der Waals surface area contributed by atoms with Crippen molar-refractivity contribution in [2.75, 3.05) is 26.8 Å². The van der Waals surface area contributed by atoms with Crippen LogP contribution in [0.15, 0.2) is 41.6 Å². The highest BCUT2D eigenvalue weighted by atomic mass is 32.2. The molecular weight excluding hydrogens is 354 g/mol. The third kappa shape index (κ3) is 4.13. The Labute approximate surface area is 154 Å². The van der Waals surface area contributed by atoms with Crippen molar-refractivity contribution in [3.63, 3.8) is 0 Å². The summed E-state index contributed by atoms with van der Waals surface area (Å²) >= 11 is 0. The molecule has 8 heteroatoms. The number of hydrogen-bond donors (Lipinski definition) is 0. The Morgan fingerprint density at radius 1 is 1.19 bits per heavy atom. The maximum atomic E-state index is 12.9. The van der Waals surface area contributed by atoms with Gasteiger partial charge in [0.15, 0.2) is 0 Å². The number of rotatable bonds is 6. The van der Waals surface area contributed by atoms with Crippen molar-refractivity contribution in [1.82, 2.24) is 14.3 Å². The fourth-order valence-corrected chi connectivity index (χ4v) is 4.58. The monoisotopic (exact) mass is 377 g/mol. The first kappa shape index (κ1) is 18.6. The van der Waals surface area contributed by atoms with E-state index in [0.29, 0.717) is 42.3 Å². The number of aromatic nitrogens is 2. The molecule has 0 aliphatic carbocycles. The number of hydrogen-bond acceptors (Lipinski definition) is 6. The lowest BCUT2D eigenvalue weighted by Crippen LogP contribution is -2.39. The van der Waals surface area contributed by atoms with Gasteiger partial charge in [-0.05, 0) is 55.5 Å². The highest BCUT2D eigenvalue weighted by molar-refractivity contribution is 7.89. The molecule has 0 radical (unpaired) electrons. The van der Waals surface area contributed by atoms with Gasteiger partial charge in [0.25, 0.3) is 0 Å². The standard InChI is InChI=1S/C18H23N3O4S/c1-14-12-16(4-5-17(14)24-2)26(22,23)21-10-6-15(7-11-21)13-25-18-19-8-3-9-20-18/h3-5,8-9,12,15H,6-7,10-11,13H2,1-2H3. The Bertz CT molecular complexity index is 835. The average molecular weight is 377 g/mol. The van der Waals surface area contributed by atoms with Crippen LogP contribution < -0.4 is 9.47 Å². The first-order valence-corrected chi connectivity index (χ1v) is 9.99. The molecule has 0 N–H and O–H groups in total. The Hall–Kier alpha value is -2.19. The van der Waals surface area contributed by atoms with E-state index in [-0.39, 0.29) is 0 Å². The molecule has 0 bridgehead atoms. The summed E-state index contributed by atoms with van der Waals surface area (Å²) in [6.07, 6.45) is 4.77. The predicted molar refractivity (Wildman–Crippen MR) is 96.7 cm³/mol. The molecule has 2 heterocycles. The summed E-state index contributed by atoms with van der Waals surface area (Å²) in [5.74, 6) is 0.978. The number of ether oxygens (including phenoxy) is 2. The van der Waals surface area contributed by atoms with Crippen molar-refractivity contribution in [3.8, 4) is 11.8 Å². The number of nitrogens with zero attached hydrogens (tertiary/aromatic N) is 3. The fourth-order valence-electron chi connectivity index (χ4n) is 3.03. The molecule has 26 heavy (non-hydrogen) atoms. The lowest BCUT2D eigenvalue weighted by Gasteiger charge is -2.31. The van der Waals surface area contributed by atoms with Crippen LogP contribution in [0, 0.1) is 12.8 Å². The van der Waals surface area contributed by atoms with E-state index in [0.717, 1.165) is 18.4 Å². The molecule has 2 aromatic rings. The van der Waals surface area contributed by atoms with Gasteiger partial charge in [-0.15, -0.1) is 0 Å². The van der Waals surface area contributed by atoms with Crippen molar-refractivity contribution in [2.24, 2.45) is 5.92 Å². The molecule has 7 nitrogen and oxygen atoms in total. The van der Waals surface area contributed by atoms with Gasteiger partial charge in [-0.3, -0.25) is 0 Å². The van der Waals surface area contributed by atoms with E-state index in [1.54, 1.807) is 48.1 Å². The van der Waals surface area contributed by atoms with Crippen LogP contribution in [0.3, 0.4) is 0 Å². The van der Waals surface area contributed by atoms with Gasteiger partial charge in [-0.25, -0.2) is 18.4 Å². The van der Waals surface area contributed by atoms with E-state index in [1.165, 1.54) is 0 Å². The first-order chi connectivity index (χ1) is 12.5. The predicted octanol–water partition coefficient (Wildman–Crippen LogP) is 2.27. The third-order valence-electron chi connectivity index (χ3n) is 4.57. The zero-order valence-corrected chi connectivity index (χ0v) is 15.8. The SMILES string of the molecule is COc1ccc(S(=O)(=O)N2CCC(COc3ncccn3)CC2)cc1C. The highest BCUT2D eigenvalue weighted by Crippen LogP contribution is 2.27. The van der Waals surface area contributed by atoms with Crippen molar-refractivity contribution in [1.29, 1.82) is 0 Å². The largest absolute Gasteiger partial charge is 0.496 e. The van der Waals surface area contributed by atoms with E-state index in [4.69, 9.17) is 9.47 Å². The Morgan fingerprint density at radius 2 is 1.88 bits per heavy atom. The number of aryl methyl sites for hydroxylation is 1. The molecule has 1 saturated heterocycles. The van der Waals surface area contributed by atoms with Crippen LogP contribution in [0.25, 0.3) is 0 Å². The third-order valence-corrected chi connectivity index (χ3v) is 6.46. The van der Waals surface area contributed by atoms with E-state index < -0.39 is 10.0 Å². The second-order valence-corrected chi connectivity index (χ2v) is 8.26. The molecule has 3 rings (SSSR count). The molecule has 0 unspecified atom stereocenters. The molecule has 0 atom stereocenters. The van der Waals surface area contributed by atoms with Gasteiger partial charge < -0.3 is 9.47 Å². The van der Waals surface area contributed by atoms with Crippen LogP contribution in [-0.2, 0) is 10.0 Å². The zero-order chi connectivity index (χ0) is 18.6. The van der Waals surface area contributed by atoms with Crippen LogP contribution in [0.5, 0.6) is 11.8 Å². The molecule has 1 aromatic carbocycles. The quantitative estimate of drug-likeness (QED) is 0.768. The summed E-state index contributed by atoms with van der Waals surface area (Å²) < 4.78 is 38.1. The van der Waals surface area contributed by atoms with Gasteiger partial charge in [0.05, 0.1) is 18.6 Å². The minimum absolute atomic E-state index is 0.294. The summed E-state index contributed by atoms with van der Waals surface area (Å²) in [4.78, 5) is 8.37. The number of methoxy groups -OCH3 is 1. The lowest BCUT2D eigenvalue weighted by molar-refractivity contribution is 0.176. The van der Waals surface area contributed by atoms with Gasteiger partial charge in [0.2, 0.25) is 10.0 Å². The van der Waals surface area contributed by atoms with Crippen LogP contribution in [0.2, 0.25) is 0 Å². The number of benzene rings is 1. The maximum Gasteiger partial charge on any atom is 0.316 e. The van der Waals surface area contributed by atoms with Crippen LogP contribution in [0.1, 0.15) is 18.4 Å². The minimum Gasteiger partial charge on any atom is -0.496 e.